The third-order valence-electron chi connectivity index (χ3n) is 5.00. The van der Waals surface area contributed by atoms with Crippen molar-refractivity contribution < 1.29 is 12.8 Å². The van der Waals surface area contributed by atoms with Crippen LogP contribution in [-0.4, -0.2) is 13.4 Å². The number of aromatic nitrogens is 1. The fraction of sp³-hybridized carbons (Fsp3) is 0.125. The molecule has 164 valence electrons. The molecule has 1 aromatic heterocycles. The summed E-state index contributed by atoms with van der Waals surface area (Å²) in [5.41, 5.74) is 3.68. The molecule has 4 nitrogen and oxygen atoms in total. The Morgan fingerprint density at radius 3 is 2.12 bits per heavy atom. The molecule has 0 fully saturated rings. The first-order valence-corrected chi connectivity index (χ1v) is 13.1. The van der Waals surface area contributed by atoms with E-state index in [1.165, 1.54) is 29.8 Å². The van der Waals surface area contributed by atoms with Crippen LogP contribution < -0.4 is 5.14 Å². The third-order valence-corrected chi connectivity index (χ3v) is 7.63. The van der Waals surface area contributed by atoms with Gasteiger partial charge in [-0.15, -0.1) is 11.3 Å². The minimum atomic E-state index is -3.76. The fourth-order valence-electron chi connectivity index (χ4n) is 3.36. The van der Waals surface area contributed by atoms with E-state index >= 15 is 0 Å². The van der Waals surface area contributed by atoms with Gasteiger partial charge in [0.15, 0.2) is 0 Å². The second kappa shape index (κ2) is 9.62. The number of primary sulfonamides is 1. The van der Waals surface area contributed by atoms with E-state index in [-0.39, 0.29) is 10.7 Å². The Morgan fingerprint density at radius 1 is 0.875 bits per heavy atom. The van der Waals surface area contributed by atoms with Crippen molar-refractivity contribution in [2.24, 2.45) is 5.14 Å². The summed E-state index contributed by atoms with van der Waals surface area (Å²) in [5, 5.41) is 6.20. The van der Waals surface area contributed by atoms with Crippen molar-refractivity contribution in [1.29, 1.82) is 0 Å². The highest BCUT2D eigenvalue weighted by Gasteiger charge is 2.16. The van der Waals surface area contributed by atoms with Crippen LogP contribution in [-0.2, 0) is 22.9 Å². The zero-order valence-corrected chi connectivity index (χ0v) is 20.2. The number of rotatable bonds is 7. The van der Waals surface area contributed by atoms with Gasteiger partial charge < -0.3 is 0 Å². The Hall–Kier alpha value is -2.39. The quantitative estimate of drug-likeness (QED) is 0.309. The number of benzene rings is 3. The first-order valence-electron chi connectivity index (χ1n) is 9.93. The van der Waals surface area contributed by atoms with E-state index < -0.39 is 10.0 Å². The highest BCUT2D eigenvalue weighted by atomic mass is 79.9. The molecule has 8 heteroatoms. The Bertz CT molecular complexity index is 1320. The van der Waals surface area contributed by atoms with Gasteiger partial charge in [-0.1, -0.05) is 40.2 Å². The number of hydrogen-bond acceptors (Lipinski definition) is 4. The van der Waals surface area contributed by atoms with Gasteiger partial charge in [0.2, 0.25) is 10.0 Å². The van der Waals surface area contributed by atoms with Crippen LogP contribution in [0.1, 0.15) is 17.0 Å². The minimum absolute atomic E-state index is 0.0591. The van der Waals surface area contributed by atoms with Gasteiger partial charge in [0.05, 0.1) is 20.5 Å². The van der Waals surface area contributed by atoms with Crippen molar-refractivity contribution in [3.05, 3.63) is 93.7 Å². The van der Waals surface area contributed by atoms with E-state index in [0.29, 0.717) is 0 Å². The van der Waals surface area contributed by atoms with Crippen LogP contribution >= 0.6 is 27.3 Å². The van der Waals surface area contributed by atoms with Crippen LogP contribution in [0.2, 0.25) is 0 Å². The van der Waals surface area contributed by atoms with Crippen LogP contribution in [0.5, 0.6) is 0 Å². The van der Waals surface area contributed by atoms with Crippen LogP contribution in [0.4, 0.5) is 4.39 Å². The number of aryl methyl sites for hydroxylation is 2. The molecule has 0 bridgehead atoms. The van der Waals surface area contributed by atoms with Crippen LogP contribution in [0.15, 0.2) is 82.2 Å². The lowest BCUT2D eigenvalue weighted by Crippen LogP contribution is -2.11. The topological polar surface area (TPSA) is 73.1 Å². The fourth-order valence-corrected chi connectivity index (χ4v) is 5.27. The predicted molar refractivity (Wildman–Crippen MR) is 130 cm³/mol. The van der Waals surface area contributed by atoms with E-state index in [1.54, 1.807) is 35.6 Å². The highest BCUT2D eigenvalue weighted by Crippen LogP contribution is 2.37. The third kappa shape index (κ3) is 5.50. The van der Waals surface area contributed by atoms with E-state index in [9.17, 15) is 12.8 Å². The van der Waals surface area contributed by atoms with E-state index in [1.807, 2.05) is 12.1 Å². The molecule has 0 saturated carbocycles. The van der Waals surface area contributed by atoms with E-state index in [4.69, 9.17) is 10.1 Å². The lowest BCUT2D eigenvalue weighted by molar-refractivity contribution is 0.598. The Kier molecular flexibility index (Phi) is 6.85. The van der Waals surface area contributed by atoms with Crippen molar-refractivity contribution in [3.63, 3.8) is 0 Å². The molecule has 0 spiro atoms. The summed E-state index contributed by atoms with van der Waals surface area (Å²) in [4.78, 5) is 5.82. The molecule has 0 aliphatic heterocycles. The van der Waals surface area contributed by atoms with Gasteiger partial charge in [-0.3, -0.25) is 0 Å². The van der Waals surface area contributed by atoms with Crippen LogP contribution in [0.25, 0.3) is 21.7 Å². The Labute approximate surface area is 199 Å². The zero-order chi connectivity index (χ0) is 22.7. The van der Waals surface area contributed by atoms with Gasteiger partial charge in [-0.2, -0.15) is 0 Å². The van der Waals surface area contributed by atoms with Gasteiger partial charge >= 0.3 is 0 Å². The van der Waals surface area contributed by atoms with E-state index in [0.717, 1.165) is 50.4 Å². The van der Waals surface area contributed by atoms with Crippen molar-refractivity contribution in [2.45, 2.75) is 24.2 Å². The smallest absolute Gasteiger partial charge is 0.238 e. The molecule has 0 aliphatic carbocycles. The molecule has 1 heterocycles. The average molecular weight is 531 g/mol. The van der Waals surface area contributed by atoms with E-state index in [2.05, 4.69) is 28.1 Å². The first kappa shape index (κ1) is 22.8. The molecule has 4 rings (SSSR count). The molecular weight excluding hydrogens is 511 g/mol. The molecule has 32 heavy (non-hydrogen) atoms. The number of halogens is 2. The second-order valence-corrected chi connectivity index (χ2v) is 10.9. The molecule has 0 saturated heterocycles. The minimum Gasteiger partial charge on any atom is -0.241 e. The van der Waals surface area contributed by atoms with Gasteiger partial charge in [0.1, 0.15) is 5.82 Å². The lowest BCUT2D eigenvalue weighted by atomic mass is 10.1. The Morgan fingerprint density at radius 2 is 1.50 bits per heavy atom. The predicted octanol–water partition coefficient (Wildman–Crippen LogP) is 6.20. The summed E-state index contributed by atoms with van der Waals surface area (Å²) in [7, 11) is -3.76. The second-order valence-electron chi connectivity index (χ2n) is 7.34. The van der Waals surface area contributed by atoms with Crippen molar-refractivity contribution >= 4 is 37.3 Å². The largest absolute Gasteiger partial charge is 0.241 e. The highest BCUT2D eigenvalue weighted by molar-refractivity contribution is 9.10. The number of nitrogens with zero attached hydrogens (tertiary/aromatic N) is 1. The average Bonchev–Trinajstić information content (AvgIpc) is 3.19. The molecule has 3 aromatic carbocycles. The summed E-state index contributed by atoms with van der Waals surface area (Å²) < 4.78 is 37.7. The number of thiazole rings is 1. The maximum absolute atomic E-state index is 13.5. The maximum Gasteiger partial charge on any atom is 0.238 e. The summed E-state index contributed by atoms with van der Waals surface area (Å²) in [6.07, 6.45) is 2.70. The lowest BCUT2D eigenvalue weighted by Gasteiger charge is -2.04. The standard InChI is InChI=1S/C24H20BrFN2O2S2/c25-19-10-4-16(5-11-19)2-1-3-22-28-23(17-6-12-20(26)13-7-17)24(31-22)18-8-14-21(15-9-18)32(27,29)30/h4-15H,1-3H2,(H2,27,29,30). The van der Waals surface area contributed by atoms with Crippen molar-refractivity contribution in [3.8, 4) is 21.7 Å². The number of sulfonamides is 1. The summed E-state index contributed by atoms with van der Waals surface area (Å²) >= 11 is 5.02. The number of hydrogen-bond donors (Lipinski definition) is 1. The summed E-state index contributed by atoms with van der Waals surface area (Å²) in [6.45, 7) is 0. The van der Waals surface area contributed by atoms with Gasteiger partial charge in [-0.25, -0.2) is 22.9 Å². The molecule has 2 N–H and O–H groups in total. The van der Waals surface area contributed by atoms with Crippen molar-refractivity contribution in [1.82, 2.24) is 4.98 Å². The molecular formula is C24H20BrFN2O2S2. The van der Waals surface area contributed by atoms with Crippen LogP contribution in [0.3, 0.4) is 0 Å². The van der Waals surface area contributed by atoms with Gasteiger partial charge in [0, 0.05) is 10.0 Å². The zero-order valence-electron chi connectivity index (χ0n) is 17.0. The number of nitrogens with two attached hydrogens (primary N) is 1. The van der Waals surface area contributed by atoms with Gasteiger partial charge in [-0.05, 0) is 78.9 Å². The molecule has 0 aliphatic rings. The maximum atomic E-state index is 13.5. The van der Waals surface area contributed by atoms with Crippen molar-refractivity contribution in [2.75, 3.05) is 0 Å². The summed E-state index contributed by atoms with van der Waals surface area (Å²) in [6, 6.07) is 21.0. The van der Waals surface area contributed by atoms with Crippen LogP contribution in [0, 0.1) is 5.82 Å². The SMILES string of the molecule is NS(=O)(=O)c1ccc(-c2sc(CCCc3ccc(Br)cc3)nc2-c2ccc(F)cc2)cc1. The first-order chi connectivity index (χ1) is 15.3. The van der Waals surface area contributed by atoms with Gasteiger partial charge in [0.25, 0.3) is 0 Å². The summed E-state index contributed by atoms with van der Waals surface area (Å²) in [5.74, 6) is -0.308. The normalized spacial score (nSPS) is 11.6. The molecule has 0 atom stereocenters. The molecule has 4 aromatic rings. The molecule has 0 unspecified atom stereocenters. The molecule has 0 radical (unpaired) electrons. The molecule has 0 amide bonds. The monoisotopic (exact) mass is 530 g/mol. The Balaban J connectivity index is 1.62.